The van der Waals surface area contributed by atoms with Crippen molar-refractivity contribution in [1.29, 1.82) is 0 Å². The molecule has 1 aromatic carbocycles. The van der Waals surface area contributed by atoms with Crippen molar-refractivity contribution < 1.29 is 9.47 Å². The minimum Gasteiger partial charge on any atom is -0.376 e. The first-order valence-corrected chi connectivity index (χ1v) is 9.34. The second-order valence-corrected chi connectivity index (χ2v) is 6.90. The molecule has 1 saturated heterocycles. The fraction of sp³-hybridized carbons (Fsp3) is 0.450. The molecule has 0 saturated carbocycles. The molecule has 4 rings (SSSR count). The maximum absolute atomic E-state index is 5.79. The van der Waals surface area contributed by atoms with E-state index in [1.807, 2.05) is 26.4 Å². The number of hydrogen-bond acceptors (Lipinski definition) is 6. The van der Waals surface area contributed by atoms with Gasteiger partial charge in [0.1, 0.15) is 11.6 Å². The Labute approximate surface area is 158 Å². The molecule has 7 nitrogen and oxygen atoms in total. The number of likely N-dealkylation sites (N-methyl/N-ethyl adjacent to an activating group) is 1. The van der Waals surface area contributed by atoms with Gasteiger partial charge in [-0.3, -0.25) is 4.68 Å². The quantitative estimate of drug-likeness (QED) is 0.664. The van der Waals surface area contributed by atoms with E-state index >= 15 is 0 Å². The van der Waals surface area contributed by atoms with E-state index in [9.17, 15) is 0 Å². The Morgan fingerprint density at radius 3 is 2.78 bits per heavy atom. The Morgan fingerprint density at radius 2 is 2.00 bits per heavy atom. The molecule has 3 heterocycles. The van der Waals surface area contributed by atoms with Crippen LogP contribution in [0.2, 0.25) is 0 Å². The number of nitrogens with zero attached hydrogens (tertiary/aromatic N) is 5. The van der Waals surface area contributed by atoms with Crippen molar-refractivity contribution in [3.8, 4) is 0 Å². The van der Waals surface area contributed by atoms with Crippen molar-refractivity contribution in [2.75, 3.05) is 38.3 Å². The molecule has 1 aliphatic heterocycles. The number of aromatic nitrogens is 4. The van der Waals surface area contributed by atoms with Gasteiger partial charge in [0.2, 0.25) is 0 Å². The number of ether oxygens (including phenoxy) is 2. The predicted octanol–water partition coefficient (Wildman–Crippen LogP) is 2.00. The van der Waals surface area contributed by atoms with Crippen LogP contribution >= 0.6 is 0 Å². The minimum atomic E-state index is 0.0539. The first-order valence-electron chi connectivity index (χ1n) is 9.34. The highest BCUT2D eigenvalue weighted by molar-refractivity contribution is 5.86. The summed E-state index contributed by atoms with van der Waals surface area (Å²) >= 11 is 0. The molecular weight excluding hydrogens is 342 g/mol. The van der Waals surface area contributed by atoms with E-state index < -0.39 is 0 Å². The Bertz CT molecular complexity index is 890. The number of fused-ring (bicyclic) bond motifs is 1. The fourth-order valence-electron chi connectivity index (χ4n) is 3.39. The lowest BCUT2D eigenvalue weighted by Crippen LogP contribution is -2.38. The summed E-state index contributed by atoms with van der Waals surface area (Å²) in [6, 6.07) is 10.4. The van der Waals surface area contributed by atoms with Crippen LogP contribution < -0.4 is 4.90 Å². The van der Waals surface area contributed by atoms with Gasteiger partial charge in [-0.2, -0.15) is 5.10 Å². The van der Waals surface area contributed by atoms with Crippen LogP contribution in [0, 0.1) is 0 Å². The van der Waals surface area contributed by atoms with E-state index in [1.165, 1.54) is 5.56 Å². The van der Waals surface area contributed by atoms with Crippen LogP contribution in [-0.4, -0.2) is 59.3 Å². The van der Waals surface area contributed by atoms with Gasteiger partial charge in [-0.1, -0.05) is 30.3 Å². The molecule has 0 aliphatic carbocycles. The molecule has 2 aromatic heterocycles. The molecular formula is C20H25N5O2. The number of aryl methyl sites for hydroxylation is 3. The SMILES string of the molecule is CN(C[C@@H]1COCCO1)c1nc(CCc2ccccc2)nc2c1cnn2C. The van der Waals surface area contributed by atoms with Crippen molar-refractivity contribution in [2.45, 2.75) is 18.9 Å². The average molecular weight is 367 g/mol. The van der Waals surface area contributed by atoms with Gasteiger partial charge < -0.3 is 14.4 Å². The lowest BCUT2D eigenvalue weighted by atomic mass is 10.1. The van der Waals surface area contributed by atoms with Crippen LogP contribution in [0.25, 0.3) is 11.0 Å². The van der Waals surface area contributed by atoms with E-state index in [1.54, 1.807) is 4.68 Å². The molecule has 1 aliphatic rings. The Kier molecular flexibility index (Phi) is 5.31. The van der Waals surface area contributed by atoms with Crippen molar-refractivity contribution in [3.63, 3.8) is 0 Å². The van der Waals surface area contributed by atoms with Gasteiger partial charge >= 0.3 is 0 Å². The summed E-state index contributed by atoms with van der Waals surface area (Å²) in [5.41, 5.74) is 2.14. The third-order valence-corrected chi connectivity index (χ3v) is 4.82. The van der Waals surface area contributed by atoms with Crippen LogP contribution in [0.4, 0.5) is 5.82 Å². The predicted molar refractivity (Wildman–Crippen MR) is 104 cm³/mol. The molecule has 0 unspecified atom stereocenters. The zero-order valence-corrected chi connectivity index (χ0v) is 15.8. The van der Waals surface area contributed by atoms with Crippen LogP contribution in [0.3, 0.4) is 0 Å². The normalized spacial score (nSPS) is 17.3. The van der Waals surface area contributed by atoms with E-state index in [4.69, 9.17) is 19.4 Å². The monoisotopic (exact) mass is 367 g/mol. The van der Waals surface area contributed by atoms with Gasteiger partial charge in [-0.05, 0) is 12.0 Å². The number of benzene rings is 1. The van der Waals surface area contributed by atoms with Gasteiger partial charge in [-0.15, -0.1) is 0 Å². The molecule has 0 spiro atoms. The summed E-state index contributed by atoms with van der Waals surface area (Å²) in [5.74, 6) is 1.72. The molecule has 1 atom stereocenters. The summed E-state index contributed by atoms with van der Waals surface area (Å²) in [7, 11) is 3.95. The van der Waals surface area contributed by atoms with Gasteiger partial charge in [-0.25, -0.2) is 9.97 Å². The van der Waals surface area contributed by atoms with Gasteiger partial charge in [0.15, 0.2) is 5.65 Å². The Balaban J connectivity index is 1.58. The minimum absolute atomic E-state index is 0.0539. The highest BCUT2D eigenvalue weighted by atomic mass is 16.6. The fourth-order valence-corrected chi connectivity index (χ4v) is 3.39. The first-order chi connectivity index (χ1) is 13.2. The molecule has 3 aromatic rings. The van der Waals surface area contributed by atoms with E-state index in [0.29, 0.717) is 19.8 Å². The number of rotatable bonds is 6. The molecule has 0 amide bonds. The number of anilines is 1. The smallest absolute Gasteiger partial charge is 0.163 e. The van der Waals surface area contributed by atoms with Crippen molar-refractivity contribution >= 4 is 16.9 Å². The lowest BCUT2D eigenvalue weighted by Gasteiger charge is -2.28. The van der Waals surface area contributed by atoms with Crippen LogP contribution in [-0.2, 0) is 29.4 Å². The van der Waals surface area contributed by atoms with Crippen molar-refractivity contribution in [2.24, 2.45) is 7.05 Å². The van der Waals surface area contributed by atoms with Crippen molar-refractivity contribution in [1.82, 2.24) is 19.7 Å². The third kappa shape index (κ3) is 4.09. The van der Waals surface area contributed by atoms with Crippen molar-refractivity contribution in [3.05, 3.63) is 47.9 Å². The van der Waals surface area contributed by atoms with E-state index in [-0.39, 0.29) is 6.10 Å². The van der Waals surface area contributed by atoms with Gasteiger partial charge in [0, 0.05) is 27.1 Å². The molecule has 0 bridgehead atoms. The van der Waals surface area contributed by atoms with E-state index in [2.05, 4.69) is 34.3 Å². The second-order valence-electron chi connectivity index (χ2n) is 6.90. The maximum atomic E-state index is 5.79. The average Bonchev–Trinajstić information content (AvgIpc) is 3.08. The summed E-state index contributed by atoms with van der Waals surface area (Å²) < 4.78 is 13.1. The first kappa shape index (κ1) is 17.9. The summed E-state index contributed by atoms with van der Waals surface area (Å²) in [6.45, 7) is 2.66. The molecule has 7 heteroatoms. The summed E-state index contributed by atoms with van der Waals surface area (Å²) in [6.07, 6.45) is 3.58. The largest absolute Gasteiger partial charge is 0.376 e. The van der Waals surface area contributed by atoms with Gasteiger partial charge in [0.25, 0.3) is 0 Å². The van der Waals surface area contributed by atoms with Crippen LogP contribution in [0.15, 0.2) is 36.5 Å². The highest BCUT2D eigenvalue weighted by Gasteiger charge is 2.20. The maximum Gasteiger partial charge on any atom is 0.163 e. The van der Waals surface area contributed by atoms with Gasteiger partial charge in [0.05, 0.1) is 37.5 Å². The zero-order chi connectivity index (χ0) is 18.6. The molecule has 1 fully saturated rings. The van der Waals surface area contributed by atoms with Crippen LogP contribution in [0.1, 0.15) is 11.4 Å². The molecule has 142 valence electrons. The Morgan fingerprint density at radius 1 is 1.15 bits per heavy atom. The molecule has 27 heavy (non-hydrogen) atoms. The standard InChI is InChI=1S/C20H25N5O2/c1-24(13-16-14-26-10-11-27-16)19-17-12-21-25(2)20(17)23-18(22-19)9-8-15-6-4-3-5-7-15/h3-7,12,16H,8-11,13-14H2,1-2H3/t16-/m1/s1. The third-order valence-electron chi connectivity index (χ3n) is 4.82. The second kappa shape index (κ2) is 8.02. The summed E-state index contributed by atoms with van der Waals surface area (Å²) in [4.78, 5) is 11.7. The Hall–Kier alpha value is -2.51. The zero-order valence-electron chi connectivity index (χ0n) is 15.8. The molecule has 0 N–H and O–H groups in total. The van der Waals surface area contributed by atoms with Crippen LogP contribution in [0.5, 0.6) is 0 Å². The topological polar surface area (TPSA) is 65.3 Å². The highest BCUT2D eigenvalue weighted by Crippen LogP contribution is 2.23. The molecule has 0 radical (unpaired) electrons. The lowest BCUT2D eigenvalue weighted by molar-refractivity contribution is -0.0837. The van der Waals surface area contributed by atoms with E-state index in [0.717, 1.165) is 42.1 Å². The summed E-state index contributed by atoms with van der Waals surface area (Å²) in [5, 5.41) is 5.34. The number of hydrogen-bond donors (Lipinski definition) is 0.